The van der Waals surface area contributed by atoms with Crippen molar-refractivity contribution < 1.29 is 4.79 Å². The van der Waals surface area contributed by atoms with Crippen molar-refractivity contribution in [1.29, 1.82) is 0 Å². The van der Waals surface area contributed by atoms with Gasteiger partial charge in [0.05, 0.1) is 0 Å². The van der Waals surface area contributed by atoms with E-state index in [1.165, 1.54) is 16.7 Å². The zero-order valence-electron chi connectivity index (χ0n) is 10.7. The van der Waals surface area contributed by atoms with E-state index in [1.54, 1.807) is 0 Å². The van der Waals surface area contributed by atoms with Gasteiger partial charge >= 0.3 is 6.03 Å². The molecule has 0 aromatic heterocycles. The van der Waals surface area contributed by atoms with Crippen LogP contribution in [0.2, 0.25) is 0 Å². The lowest BCUT2D eigenvalue weighted by atomic mass is 10.00. The van der Waals surface area contributed by atoms with Gasteiger partial charge in [-0.2, -0.15) is 0 Å². The van der Waals surface area contributed by atoms with Crippen molar-refractivity contribution >= 4 is 6.03 Å². The van der Waals surface area contributed by atoms with Gasteiger partial charge in [-0.3, -0.25) is 0 Å². The summed E-state index contributed by atoms with van der Waals surface area (Å²) < 4.78 is 0. The fourth-order valence-corrected chi connectivity index (χ4v) is 1.81. The average molecular weight is 235 g/mol. The number of urea groups is 1. The van der Waals surface area contributed by atoms with E-state index < -0.39 is 6.03 Å². The first-order valence-electron chi connectivity index (χ1n) is 5.84. The number of benzene rings is 1. The zero-order valence-corrected chi connectivity index (χ0v) is 10.7. The van der Waals surface area contributed by atoms with Crippen LogP contribution >= 0.6 is 0 Å². The van der Waals surface area contributed by atoms with Gasteiger partial charge in [0.2, 0.25) is 0 Å². The zero-order chi connectivity index (χ0) is 12.8. The second kappa shape index (κ2) is 6.25. The van der Waals surface area contributed by atoms with Crippen molar-refractivity contribution in [2.24, 2.45) is 5.73 Å². The van der Waals surface area contributed by atoms with Gasteiger partial charge in [-0.05, 0) is 31.9 Å². The summed E-state index contributed by atoms with van der Waals surface area (Å²) in [6.45, 7) is 7.56. The summed E-state index contributed by atoms with van der Waals surface area (Å²) in [6.07, 6.45) is 0. The first-order valence-corrected chi connectivity index (χ1v) is 5.84. The van der Waals surface area contributed by atoms with Crippen molar-refractivity contribution in [3.63, 3.8) is 0 Å². The van der Waals surface area contributed by atoms with Gasteiger partial charge in [0.25, 0.3) is 0 Å². The molecule has 2 amide bonds. The molecular weight excluding hydrogens is 214 g/mol. The first-order chi connectivity index (χ1) is 8.00. The number of carbonyl (C=O) groups excluding carboxylic acids is 1. The Labute approximate surface area is 103 Å². The first kappa shape index (κ1) is 13.5. The van der Waals surface area contributed by atoms with Crippen LogP contribution in [0.25, 0.3) is 0 Å². The summed E-state index contributed by atoms with van der Waals surface area (Å²) in [4.78, 5) is 10.5. The van der Waals surface area contributed by atoms with E-state index in [1.807, 2.05) is 0 Å². The highest BCUT2D eigenvalue weighted by Crippen LogP contribution is 2.18. The summed E-state index contributed by atoms with van der Waals surface area (Å²) in [7, 11) is 0. The third kappa shape index (κ3) is 4.44. The maximum absolute atomic E-state index is 10.5. The molecule has 4 nitrogen and oxygen atoms in total. The number of amides is 2. The molecule has 0 spiro atoms. The molecule has 0 radical (unpaired) electrons. The maximum atomic E-state index is 10.5. The second-order valence-corrected chi connectivity index (χ2v) is 4.33. The minimum atomic E-state index is -0.480. The van der Waals surface area contributed by atoms with E-state index in [-0.39, 0.29) is 6.04 Å². The summed E-state index contributed by atoms with van der Waals surface area (Å²) in [5.74, 6) is 0. The highest BCUT2D eigenvalue weighted by atomic mass is 16.2. The minimum Gasteiger partial charge on any atom is -0.352 e. The van der Waals surface area contributed by atoms with Crippen molar-refractivity contribution in [1.82, 2.24) is 10.6 Å². The van der Waals surface area contributed by atoms with Crippen LogP contribution in [0.5, 0.6) is 0 Å². The van der Waals surface area contributed by atoms with Crippen LogP contribution in [-0.2, 0) is 0 Å². The van der Waals surface area contributed by atoms with Crippen LogP contribution in [-0.4, -0.2) is 19.1 Å². The Morgan fingerprint density at radius 1 is 1.35 bits per heavy atom. The second-order valence-electron chi connectivity index (χ2n) is 4.33. The molecule has 0 fully saturated rings. The lowest BCUT2D eigenvalue weighted by molar-refractivity contribution is 0.249. The van der Waals surface area contributed by atoms with E-state index >= 15 is 0 Å². The topological polar surface area (TPSA) is 67.2 Å². The van der Waals surface area contributed by atoms with Gasteiger partial charge in [-0.15, -0.1) is 0 Å². The van der Waals surface area contributed by atoms with E-state index in [4.69, 9.17) is 5.73 Å². The van der Waals surface area contributed by atoms with Gasteiger partial charge in [-0.1, -0.05) is 23.8 Å². The standard InChI is InChI=1S/C13H21N3O/c1-9-4-5-10(2)12(8-9)11(3)15-6-7-16-13(14)17/h4-5,8,11,15H,6-7H2,1-3H3,(H3,14,16,17). The molecule has 0 aliphatic rings. The molecule has 0 saturated heterocycles. The van der Waals surface area contributed by atoms with Crippen molar-refractivity contribution in [3.05, 3.63) is 34.9 Å². The fraction of sp³-hybridized carbons (Fsp3) is 0.462. The Morgan fingerprint density at radius 3 is 2.71 bits per heavy atom. The van der Waals surface area contributed by atoms with Gasteiger partial charge in [0.15, 0.2) is 0 Å². The van der Waals surface area contributed by atoms with Crippen LogP contribution in [0, 0.1) is 13.8 Å². The molecule has 17 heavy (non-hydrogen) atoms. The number of primary amides is 1. The molecule has 0 aliphatic heterocycles. The van der Waals surface area contributed by atoms with Crippen LogP contribution in [0.4, 0.5) is 4.79 Å². The number of hydrogen-bond acceptors (Lipinski definition) is 2. The largest absolute Gasteiger partial charge is 0.352 e. The summed E-state index contributed by atoms with van der Waals surface area (Å²) in [6, 6.07) is 6.22. The number of nitrogens with two attached hydrogens (primary N) is 1. The van der Waals surface area contributed by atoms with Crippen LogP contribution in [0.1, 0.15) is 29.7 Å². The van der Waals surface area contributed by atoms with E-state index in [0.29, 0.717) is 13.1 Å². The Balaban J connectivity index is 2.49. The van der Waals surface area contributed by atoms with Gasteiger partial charge in [0, 0.05) is 19.1 Å². The Morgan fingerprint density at radius 2 is 2.06 bits per heavy atom. The molecule has 1 atom stereocenters. The molecule has 94 valence electrons. The normalized spacial score (nSPS) is 12.2. The quantitative estimate of drug-likeness (QED) is 0.679. The van der Waals surface area contributed by atoms with Gasteiger partial charge in [0.1, 0.15) is 0 Å². The molecule has 4 N–H and O–H groups in total. The van der Waals surface area contributed by atoms with Crippen LogP contribution < -0.4 is 16.4 Å². The molecule has 0 saturated carbocycles. The Kier molecular flexibility index (Phi) is 4.97. The highest BCUT2D eigenvalue weighted by Gasteiger charge is 2.07. The SMILES string of the molecule is Cc1ccc(C)c(C(C)NCCNC(N)=O)c1. The lowest BCUT2D eigenvalue weighted by Crippen LogP contribution is -2.36. The molecule has 0 bridgehead atoms. The van der Waals surface area contributed by atoms with E-state index in [2.05, 4.69) is 49.6 Å². The third-order valence-corrected chi connectivity index (χ3v) is 2.78. The monoisotopic (exact) mass is 235 g/mol. The molecule has 1 aromatic carbocycles. The van der Waals surface area contributed by atoms with Crippen molar-refractivity contribution in [3.8, 4) is 0 Å². The summed E-state index contributed by atoms with van der Waals surface area (Å²) in [5, 5.41) is 5.91. The fourth-order valence-electron chi connectivity index (χ4n) is 1.81. The number of hydrogen-bond donors (Lipinski definition) is 3. The Hall–Kier alpha value is -1.55. The van der Waals surface area contributed by atoms with Crippen molar-refractivity contribution in [2.75, 3.05) is 13.1 Å². The molecule has 0 heterocycles. The van der Waals surface area contributed by atoms with Gasteiger partial charge in [-0.25, -0.2) is 4.79 Å². The smallest absolute Gasteiger partial charge is 0.312 e. The number of rotatable bonds is 5. The average Bonchev–Trinajstić information content (AvgIpc) is 2.27. The van der Waals surface area contributed by atoms with Gasteiger partial charge < -0.3 is 16.4 Å². The summed E-state index contributed by atoms with van der Waals surface area (Å²) >= 11 is 0. The molecule has 1 aromatic rings. The molecular formula is C13H21N3O. The third-order valence-electron chi connectivity index (χ3n) is 2.78. The predicted molar refractivity (Wildman–Crippen MR) is 69.9 cm³/mol. The van der Waals surface area contributed by atoms with Crippen molar-refractivity contribution in [2.45, 2.75) is 26.8 Å². The molecule has 0 aliphatic carbocycles. The predicted octanol–water partition coefficient (Wildman–Crippen LogP) is 1.62. The van der Waals surface area contributed by atoms with E-state index in [0.717, 1.165) is 0 Å². The number of aryl methyl sites for hydroxylation is 2. The van der Waals surface area contributed by atoms with E-state index in [9.17, 15) is 4.79 Å². The molecule has 1 rings (SSSR count). The minimum absolute atomic E-state index is 0.268. The highest BCUT2D eigenvalue weighted by molar-refractivity contribution is 5.71. The molecule has 1 unspecified atom stereocenters. The number of nitrogens with one attached hydrogen (secondary N) is 2. The maximum Gasteiger partial charge on any atom is 0.312 e. The van der Waals surface area contributed by atoms with Crippen LogP contribution in [0.3, 0.4) is 0 Å². The molecule has 4 heteroatoms. The summed E-state index contributed by atoms with van der Waals surface area (Å²) in [5.41, 5.74) is 8.82. The number of carbonyl (C=O) groups is 1. The lowest BCUT2D eigenvalue weighted by Gasteiger charge is -2.17. The van der Waals surface area contributed by atoms with Crippen LogP contribution in [0.15, 0.2) is 18.2 Å². The Bertz CT molecular complexity index is 390.